The molecule has 0 saturated carbocycles. The van der Waals surface area contributed by atoms with E-state index in [2.05, 4.69) is 10.6 Å². The third-order valence-electron chi connectivity index (χ3n) is 4.03. The Kier molecular flexibility index (Phi) is 4.34. The number of carbonyl (C=O) groups excluding carboxylic acids is 1. The van der Waals surface area contributed by atoms with Gasteiger partial charge in [0.2, 0.25) is 0 Å². The Morgan fingerprint density at radius 3 is 2.58 bits per heavy atom. The molecule has 5 nitrogen and oxygen atoms in total. The summed E-state index contributed by atoms with van der Waals surface area (Å²) in [5.41, 5.74) is 1.39. The number of methoxy groups -OCH3 is 1. The molecule has 126 valence electrons. The highest BCUT2D eigenvalue weighted by molar-refractivity contribution is 5.89. The number of hydrogen-bond donors (Lipinski definition) is 2. The van der Waals surface area contributed by atoms with Gasteiger partial charge in [0.25, 0.3) is 0 Å². The van der Waals surface area contributed by atoms with Gasteiger partial charge < -0.3 is 20.1 Å². The van der Waals surface area contributed by atoms with Crippen molar-refractivity contribution in [3.8, 4) is 11.5 Å². The van der Waals surface area contributed by atoms with Gasteiger partial charge in [-0.1, -0.05) is 18.2 Å². The quantitative estimate of drug-likeness (QED) is 0.892. The molecule has 2 amide bonds. The first-order valence-corrected chi connectivity index (χ1v) is 7.96. The molecule has 0 radical (unpaired) electrons. The van der Waals surface area contributed by atoms with Gasteiger partial charge in [0, 0.05) is 17.7 Å². The number of ether oxygens (including phenoxy) is 2. The van der Waals surface area contributed by atoms with E-state index in [1.54, 1.807) is 19.2 Å². The Morgan fingerprint density at radius 2 is 1.88 bits per heavy atom. The van der Waals surface area contributed by atoms with E-state index in [0.717, 1.165) is 17.1 Å². The van der Waals surface area contributed by atoms with Crippen LogP contribution in [0.2, 0.25) is 0 Å². The average Bonchev–Trinajstić information content (AvgIpc) is 2.54. The van der Waals surface area contributed by atoms with E-state index in [4.69, 9.17) is 9.47 Å². The molecule has 1 aliphatic rings. The van der Waals surface area contributed by atoms with E-state index in [-0.39, 0.29) is 17.7 Å². The van der Waals surface area contributed by atoms with Crippen molar-refractivity contribution in [1.82, 2.24) is 5.32 Å². The predicted octanol–water partition coefficient (Wildman–Crippen LogP) is 4.12. The van der Waals surface area contributed by atoms with Gasteiger partial charge in [-0.25, -0.2) is 4.79 Å². The maximum Gasteiger partial charge on any atom is 0.319 e. The standard InChI is InChI=1S/C19H22N2O3/c1-19(2)12-16(15-6-4-5-7-17(15)24-19)21-18(22)20-13-8-10-14(23-3)11-9-13/h4-11,16H,12H2,1-3H3,(H2,20,21,22). The zero-order valence-corrected chi connectivity index (χ0v) is 14.1. The molecule has 1 atom stereocenters. The van der Waals surface area contributed by atoms with Crippen LogP contribution in [0.5, 0.6) is 11.5 Å². The molecule has 0 saturated heterocycles. The third kappa shape index (κ3) is 3.62. The van der Waals surface area contributed by atoms with Crippen LogP contribution in [-0.4, -0.2) is 18.7 Å². The Hall–Kier alpha value is -2.69. The third-order valence-corrected chi connectivity index (χ3v) is 4.03. The molecule has 5 heteroatoms. The van der Waals surface area contributed by atoms with Gasteiger partial charge in [-0.3, -0.25) is 0 Å². The summed E-state index contributed by atoms with van der Waals surface area (Å²) in [4.78, 5) is 12.4. The van der Waals surface area contributed by atoms with Crippen LogP contribution in [0.4, 0.5) is 10.5 Å². The summed E-state index contributed by atoms with van der Waals surface area (Å²) in [5.74, 6) is 1.57. The maximum absolute atomic E-state index is 12.4. The molecule has 0 bridgehead atoms. The molecule has 1 aliphatic heterocycles. The van der Waals surface area contributed by atoms with Gasteiger partial charge >= 0.3 is 6.03 Å². The first kappa shape index (κ1) is 16.2. The van der Waals surface area contributed by atoms with Gasteiger partial charge in [-0.05, 0) is 44.2 Å². The molecule has 1 unspecified atom stereocenters. The normalized spacial score (nSPS) is 18.0. The lowest BCUT2D eigenvalue weighted by molar-refractivity contribution is 0.0683. The molecular weight excluding hydrogens is 304 g/mol. The summed E-state index contributed by atoms with van der Waals surface area (Å²) in [7, 11) is 1.61. The Morgan fingerprint density at radius 1 is 1.17 bits per heavy atom. The largest absolute Gasteiger partial charge is 0.497 e. The molecule has 0 aromatic heterocycles. The van der Waals surface area contributed by atoms with Crippen LogP contribution in [0.15, 0.2) is 48.5 Å². The van der Waals surface area contributed by atoms with Gasteiger partial charge in [0.1, 0.15) is 17.1 Å². The van der Waals surface area contributed by atoms with E-state index >= 15 is 0 Å². The molecule has 3 rings (SSSR count). The smallest absolute Gasteiger partial charge is 0.319 e. The molecule has 0 aliphatic carbocycles. The van der Waals surface area contributed by atoms with E-state index in [0.29, 0.717) is 12.1 Å². The molecule has 0 fully saturated rings. The minimum Gasteiger partial charge on any atom is -0.497 e. The number of para-hydroxylation sites is 1. The monoisotopic (exact) mass is 326 g/mol. The number of rotatable bonds is 3. The minimum atomic E-state index is -0.327. The van der Waals surface area contributed by atoms with Gasteiger partial charge in [0.15, 0.2) is 0 Å². The fourth-order valence-corrected chi connectivity index (χ4v) is 2.93. The highest BCUT2D eigenvalue weighted by Gasteiger charge is 2.34. The number of benzene rings is 2. The first-order valence-electron chi connectivity index (χ1n) is 7.96. The first-order chi connectivity index (χ1) is 11.5. The number of anilines is 1. The van der Waals surface area contributed by atoms with Crippen LogP contribution < -0.4 is 20.1 Å². The highest BCUT2D eigenvalue weighted by Crippen LogP contribution is 2.39. The van der Waals surface area contributed by atoms with Crippen molar-refractivity contribution < 1.29 is 14.3 Å². The lowest BCUT2D eigenvalue weighted by Gasteiger charge is -2.37. The molecule has 2 aromatic rings. The van der Waals surface area contributed by atoms with Crippen molar-refractivity contribution >= 4 is 11.7 Å². The number of hydrogen-bond acceptors (Lipinski definition) is 3. The van der Waals surface area contributed by atoms with Crippen molar-refractivity contribution in [2.24, 2.45) is 0 Å². The number of urea groups is 1. The molecule has 2 aromatic carbocycles. The van der Waals surface area contributed by atoms with Crippen LogP contribution in [0.25, 0.3) is 0 Å². The number of carbonyl (C=O) groups is 1. The van der Waals surface area contributed by atoms with Crippen molar-refractivity contribution in [2.45, 2.75) is 31.9 Å². The summed E-state index contributed by atoms with van der Waals surface area (Å²) < 4.78 is 11.1. The molecule has 1 heterocycles. The van der Waals surface area contributed by atoms with E-state index in [1.807, 2.05) is 50.2 Å². The summed E-state index contributed by atoms with van der Waals surface area (Å²) in [6.45, 7) is 4.05. The lowest BCUT2D eigenvalue weighted by Crippen LogP contribution is -2.42. The van der Waals surface area contributed by atoms with Crippen LogP contribution in [-0.2, 0) is 0 Å². The Bertz CT molecular complexity index is 726. The predicted molar refractivity (Wildman–Crippen MR) is 93.7 cm³/mol. The second-order valence-corrected chi connectivity index (χ2v) is 6.48. The topological polar surface area (TPSA) is 59.6 Å². The van der Waals surface area contributed by atoms with Gasteiger partial charge in [-0.15, -0.1) is 0 Å². The van der Waals surface area contributed by atoms with E-state index < -0.39 is 0 Å². The van der Waals surface area contributed by atoms with Gasteiger partial charge in [0.05, 0.1) is 13.2 Å². The van der Waals surface area contributed by atoms with E-state index in [1.165, 1.54) is 0 Å². The summed E-state index contributed by atoms with van der Waals surface area (Å²) in [6.07, 6.45) is 0.708. The second kappa shape index (κ2) is 6.43. The van der Waals surface area contributed by atoms with Crippen LogP contribution in [0, 0.1) is 0 Å². The molecule has 24 heavy (non-hydrogen) atoms. The van der Waals surface area contributed by atoms with Crippen LogP contribution in [0.1, 0.15) is 31.9 Å². The van der Waals surface area contributed by atoms with Crippen LogP contribution in [0.3, 0.4) is 0 Å². The number of amides is 2. The van der Waals surface area contributed by atoms with Crippen molar-refractivity contribution in [3.63, 3.8) is 0 Å². The lowest BCUT2D eigenvalue weighted by atomic mass is 9.90. The zero-order chi connectivity index (χ0) is 17.2. The SMILES string of the molecule is COc1ccc(NC(=O)NC2CC(C)(C)Oc3ccccc32)cc1. The maximum atomic E-state index is 12.4. The fraction of sp³-hybridized carbons (Fsp3) is 0.316. The fourth-order valence-electron chi connectivity index (χ4n) is 2.93. The minimum absolute atomic E-state index is 0.0943. The highest BCUT2D eigenvalue weighted by atomic mass is 16.5. The molecule has 0 spiro atoms. The van der Waals surface area contributed by atoms with Crippen molar-refractivity contribution in [2.75, 3.05) is 12.4 Å². The van der Waals surface area contributed by atoms with Crippen molar-refractivity contribution in [3.05, 3.63) is 54.1 Å². The Labute approximate surface area is 142 Å². The van der Waals surface area contributed by atoms with Gasteiger partial charge in [-0.2, -0.15) is 0 Å². The van der Waals surface area contributed by atoms with Crippen LogP contribution >= 0.6 is 0 Å². The molecular formula is C19H22N2O3. The molecule has 2 N–H and O–H groups in total. The second-order valence-electron chi connectivity index (χ2n) is 6.48. The number of fused-ring (bicyclic) bond motifs is 1. The summed E-state index contributed by atoms with van der Waals surface area (Å²) >= 11 is 0. The Balaban J connectivity index is 1.71. The average molecular weight is 326 g/mol. The summed E-state index contributed by atoms with van der Waals surface area (Å²) in [5, 5.41) is 5.90. The number of nitrogens with one attached hydrogen (secondary N) is 2. The summed E-state index contributed by atoms with van der Waals surface area (Å²) in [6, 6.07) is 14.7. The zero-order valence-electron chi connectivity index (χ0n) is 14.1. The van der Waals surface area contributed by atoms with Crippen molar-refractivity contribution in [1.29, 1.82) is 0 Å². The van der Waals surface area contributed by atoms with E-state index in [9.17, 15) is 4.79 Å².